The summed E-state index contributed by atoms with van der Waals surface area (Å²) in [4.78, 5) is 4.95. The molecular formula is C19H30Cl4FN3. The van der Waals surface area contributed by atoms with Crippen LogP contribution in [0.3, 0.4) is 0 Å². The number of hydrogen-bond donors (Lipinski definition) is 1. The van der Waals surface area contributed by atoms with Gasteiger partial charge < -0.3 is 10.6 Å². The van der Waals surface area contributed by atoms with Crippen molar-refractivity contribution in [2.24, 2.45) is 5.73 Å². The third kappa shape index (κ3) is 6.88. The number of piperidine rings is 1. The Morgan fingerprint density at radius 1 is 1.07 bits per heavy atom. The predicted octanol–water partition coefficient (Wildman–Crippen LogP) is 4.78. The van der Waals surface area contributed by atoms with Crippen molar-refractivity contribution in [3.8, 4) is 0 Å². The molecule has 2 aliphatic heterocycles. The Bertz CT molecular complexity index is 564. The maximum atomic E-state index is 13.3. The van der Waals surface area contributed by atoms with Gasteiger partial charge in [0, 0.05) is 32.2 Å². The van der Waals surface area contributed by atoms with Gasteiger partial charge in [0.25, 0.3) is 0 Å². The summed E-state index contributed by atoms with van der Waals surface area (Å²) in [6, 6.07) is 6.53. The van der Waals surface area contributed by atoms with Crippen LogP contribution in [0, 0.1) is 0 Å². The van der Waals surface area contributed by atoms with E-state index in [2.05, 4.69) is 15.9 Å². The van der Waals surface area contributed by atoms with Gasteiger partial charge in [-0.25, -0.2) is 4.39 Å². The minimum Gasteiger partial charge on any atom is -0.330 e. The Labute approximate surface area is 184 Å². The van der Waals surface area contributed by atoms with Crippen molar-refractivity contribution in [1.82, 2.24) is 9.80 Å². The zero-order valence-corrected chi connectivity index (χ0v) is 18.6. The molecule has 3 rings (SSSR count). The van der Waals surface area contributed by atoms with E-state index in [0.717, 1.165) is 45.6 Å². The Balaban J connectivity index is 0.00000182. The molecule has 2 aliphatic rings. The predicted molar refractivity (Wildman–Crippen MR) is 118 cm³/mol. The molecule has 2 saturated heterocycles. The van der Waals surface area contributed by atoms with Crippen molar-refractivity contribution in [2.45, 2.75) is 43.8 Å². The summed E-state index contributed by atoms with van der Waals surface area (Å²) in [6.45, 7) is 5.78. The van der Waals surface area contributed by atoms with E-state index in [4.69, 9.17) is 28.9 Å². The van der Waals surface area contributed by atoms with Crippen LogP contribution in [-0.4, -0.2) is 61.3 Å². The monoisotopic (exact) mass is 459 g/mol. The number of hydrogen-bond acceptors (Lipinski definition) is 3. The van der Waals surface area contributed by atoms with E-state index in [0.29, 0.717) is 41.4 Å². The summed E-state index contributed by atoms with van der Waals surface area (Å²) in [6.07, 6.45) is 2.85. The Morgan fingerprint density at radius 3 is 2.33 bits per heavy atom. The number of alkyl halides is 1. The van der Waals surface area contributed by atoms with E-state index in [1.807, 2.05) is 12.1 Å². The lowest BCUT2D eigenvalue weighted by molar-refractivity contribution is 0.00894. The van der Waals surface area contributed by atoms with Crippen molar-refractivity contribution in [3.05, 3.63) is 33.8 Å². The third-order valence-corrected chi connectivity index (χ3v) is 6.38. The van der Waals surface area contributed by atoms with Gasteiger partial charge in [-0.15, -0.1) is 24.8 Å². The molecule has 8 heteroatoms. The van der Waals surface area contributed by atoms with E-state index >= 15 is 0 Å². The molecule has 0 aliphatic carbocycles. The standard InChI is InChI=1S/C19H28Cl2FN3.2ClH/c20-18-2-1-15(11-19(18)21)14(3-7-23)4-8-24-12-17(13-24)25-9-5-16(22)6-10-25;;/h1-2,11,14,16-17H,3-10,12-13,23H2;2*1H/t14-;;/m0../s1. The summed E-state index contributed by atoms with van der Waals surface area (Å²) >= 11 is 12.2. The SMILES string of the molecule is Cl.Cl.NCC[C@@H](CCN1CC(N2CCC(F)CC2)C1)c1ccc(Cl)c(Cl)c1. The van der Waals surface area contributed by atoms with Crippen LogP contribution < -0.4 is 5.73 Å². The molecule has 0 aromatic heterocycles. The van der Waals surface area contributed by atoms with E-state index in [1.54, 1.807) is 0 Å². The van der Waals surface area contributed by atoms with E-state index < -0.39 is 6.17 Å². The zero-order valence-electron chi connectivity index (χ0n) is 15.5. The van der Waals surface area contributed by atoms with Crippen LogP contribution in [0.4, 0.5) is 4.39 Å². The van der Waals surface area contributed by atoms with Crippen LogP contribution in [-0.2, 0) is 0 Å². The number of rotatable bonds is 7. The van der Waals surface area contributed by atoms with Gasteiger partial charge in [-0.3, -0.25) is 4.90 Å². The van der Waals surface area contributed by atoms with Crippen molar-refractivity contribution in [1.29, 1.82) is 0 Å². The lowest BCUT2D eigenvalue weighted by atomic mass is 9.91. The molecular weight excluding hydrogens is 431 g/mol. The van der Waals surface area contributed by atoms with Gasteiger partial charge in [0.05, 0.1) is 10.0 Å². The van der Waals surface area contributed by atoms with Gasteiger partial charge in [0.1, 0.15) is 6.17 Å². The first-order valence-corrected chi connectivity index (χ1v) is 10.1. The summed E-state index contributed by atoms with van der Waals surface area (Å²) in [5.41, 5.74) is 7.03. The lowest BCUT2D eigenvalue weighted by Gasteiger charge is -2.47. The largest absolute Gasteiger partial charge is 0.330 e. The van der Waals surface area contributed by atoms with Crippen LogP contribution in [0.5, 0.6) is 0 Å². The lowest BCUT2D eigenvalue weighted by Crippen LogP contribution is -2.60. The van der Waals surface area contributed by atoms with Crippen molar-refractivity contribution < 1.29 is 4.39 Å². The second-order valence-electron chi connectivity index (χ2n) is 7.36. The molecule has 27 heavy (non-hydrogen) atoms. The summed E-state index contributed by atoms with van der Waals surface area (Å²) < 4.78 is 13.3. The Kier molecular flexibility index (Phi) is 11.2. The van der Waals surface area contributed by atoms with Crippen molar-refractivity contribution >= 4 is 48.0 Å². The van der Waals surface area contributed by atoms with Gasteiger partial charge in [0.15, 0.2) is 0 Å². The van der Waals surface area contributed by atoms with Crippen LogP contribution in [0.25, 0.3) is 0 Å². The molecule has 0 bridgehead atoms. The molecule has 2 fully saturated rings. The average molecular weight is 461 g/mol. The summed E-state index contributed by atoms with van der Waals surface area (Å²) in [5, 5.41) is 1.21. The smallest absolute Gasteiger partial charge is 0.103 e. The zero-order chi connectivity index (χ0) is 17.8. The van der Waals surface area contributed by atoms with E-state index in [1.165, 1.54) is 5.56 Å². The maximum Gasteiger partial charge on any atom is 0.103 e. The molecule has 0 amide bonds. The topological polar surface area (TPSA) is 32.5 Å². The van der Waals surface area contributed by atoms with Gasteiger partial charge in [0.2, 0.25) is 0 Å². The maximum absolute atomic E-state index is 13.3. The van der Waals surface area contributed by atoms with Crippen LogP contribution in [0.1, 0.15) is 37.2 Å². The first kappa shape index (κ1) is 25.2. The number of likely N-dealkylation sites (tertiary alicyclic amines) is 2. The van der Waals surface area contributed by atoms with Crippen LogP contribution in [0.15, 0.2) is 18.2 Å². The molecule has 156 valence electrons. The fraction of sp³-hybridized carbons (Fsp3) is 0.684. The quantitative estimate of drug-likeness (QED) is 0.635. The fourth-order valence-electron chi connectivity index (χ4n) is 3.97. The normalized spacial score (nSPS) is 20.4. The number of halogens is 5. The molecule has 0 saturated carbocycles. The minimum absolute atomic E-state index is 0. The van der Waals surface area contributed by atoms with Gasteiger partial charge in [-0.05, 0) is 62.4 Å². The molecule has 1 aromatic carbocycles. The molecule has 0 spiro atoms. The van der Waals surface area contributed by atoms with Gasteiger partial charge >= 0.3 is 0 Å². The average Bonchev–Trinajstić information content (AvgIpc) is 2.56. The first-order chi connectivity index (χ1) is 12.1. The Hall–Kier alpha value is 0.190. The third-order valence-electron chi connectivity index (χ3n) is 5.64. The molecule has 3 nitrogen and oxygen atoms in total. The molecule has 1 atom stereocenters. The highest BCUT2D eigenvalue weighted by atomic mass is 35.5. The second kappa shape index (κ2) is 12.0. The molecule has 2 heterocycles. The molecule has 0 unspecified atom stereocenters. The van der Waals surface area contributed by atoms with E-state index in [-0.39, 0.29) is 24.8 Å². The molecule has 2 N–H and O–H groups in total. The number of nitrogens with two attached hydrogens (primary N) is 1. The molecule has 0 radical (unpaired) electrons. The van der Waals surface area contributed by atoms with Crippen molar-refractivity contribution in [2.75, 3.05) is 39.3 Å². The highest BCUT2D eigenvalue weighted by Gasteiger charge is 2.33. The molecule has 1 aromatic rings. The van der Waals surface area contributed by atoms with Crippen molar-refractivity contribution in [3.63, 3.8) is 0 Å². The second-order valence-corrected chi connectivity index (χ2v) is 8.17. The van der Waals surface area contributed by atoms with Crippen LogP contribution in [0.2, 0.25) is 10.0 Å². The highest BCUT2D eigenvalue weighted by molar-refractivity contribution is 6.42. The van der Waals surface area contributed by atoms with Gasteiger partial charge in [-0.2, -0.15) is 0 Å². The number of benzene rings is 1. The highest BCUT2D eigenvalue weighted by Crippen LogP contribution is 2.31. The fourth-order valence-corrected chi connectivity index (χ4v) is 4.28. The first-order valence-electron chi connectivity index (χ1n) is 9.32. The number of nitrogens with zero attached hydrogens (tertiary/aromatic N) is 2. The summed E-state index contributed by atoms with van der Waals surface area (Å²) in [5.74, 6) is 0.418. The van der Waals surface area contributed by atoms with Crippen LogP contribution >= 0.6 is 48.0 Å². The van der Waals surface area contributed by atoms with Gasteiger partial charge in [-0.1, -0.05) is 29.3 Å². The summed E-state index contributed by atoms with van der Waals surface area (Å²) in [7, 11) is 0. The Morgan fingerprint density at radius 2 is 1.74 bits per heavy atom. The minimum atomic E-state index is -0.587. The van der Waals surface area contributed by atoms with E-state index in [9.17, 15) is 4.39 Å².